The molecule has 19 heavy (non-hydrogen) atoms. The molecule has 4 heteroatoms. The second kappa shape index (κ2) is 5.31. The van der Waals surface area contributed by atoms with Gasteiger partial charge in [-0.2, -0.15) is 0 Å². The van der Waals surface area contributed by atoms with Crippen LogP contribution in [0.1, 0.15) is 17.3 Å². The minimum atomic E-state index is 0.280. The number of hydrogen-bond acceptors (Lipinski definition) is 3. The summed E-state index contributed by atoms with van der Waals surface area (Å²) >= 11 is 5.17. The van der Waals surface area contributed by atoms with E-state index in [1.807, 2.05) is 30.3 Å². The summed E-state index contributed by atoms with van der Waals surface area (Å²) in [6.07, 6.45) is 0. The van der Waals surface area contributed by atoms with Crippen molar-refractivity contribution in [3.63, 3.8) is 0 Å². The average molecular weight is 334 g/mol. The van der Waals surface area contributed by atoms with Crippen LogP contribution < -0.4 is 4.74 Å². The lowest BCUT2D eigenvalue weighted by Crippen LogP contribution is -1.86. The molecule has 0 spiro atoms. The van der Waals surface area contributed by atoms with Crippen LogP contribution in [0.2, 0.25) is 0 Å². The maximum Gasteiger partial charge on any atom is 0.279 e. The predicted molar refractivity (Wildman–Crippen MR) is 83.5 cm³/mol. The van der Waals surface area contributed by atoms with Crippen LogP contribution in [0.3, 0.4) is 0 Å². The SMILES string of the molecule is CC(Br)c1cccc2sc(Oc3ccccc3)nc12. The van der Waals surface area contributed by atoms with E-state index in [-0.39, 0.29) is 4.83 Å². The van der Waals surface area contributed by atoms with Crippen molar-refractivity contribution < 1.29 is 4.74 Å². The number of para-hydroxylation sites is 2. The Labute approximate surface area is 124 Å². The van der Waals surface area contributed by atoms with Gasteiger partial charge in [-0.1, -0.05) is 57.6 Å². The zero-order valence-corrected chi connectivity index (χ0v) is 12.7. The van der Waals surface area contributed by atoms with Gasteiger partial charge in [0.1, 0.15) is 5.75 Å². The molecule has 3 aromatic rings. The number of benzene rings is 2. The molecular weight excluding hydrogens is 322 g/mol. The van der Waals surface area contributed by atoms with E-state index in [0.29, 0.717) is 5.19 Å². The number of aromatic nitrogens is 1. The van der Waals surface area contributed by atoms with Crippen LogP contribution in [-0.4, -0.2) is 4.98 Å². The van der Waals surface area contributed by atoms with Gasteiger partial charge in [-0.05, 0) is 30.7 Å². The minimum Gasteiger partial charge on any atom is -0.431 e. The van der Waals surface area contributed by atoms with Crippen LogP contribution in [-0.2, 0) is 0 Å². The van der Waals surface area contributed by atoms with Crippen molar-refractivity contribution in [3.05, 3.63) is 54.1 Å². The molecule has 0 fully saturated rings. The van der Waals surface area contributed by atoms with Crippen LogP contribution >= 0.6 is 27.3 Å². The third-order valence-electron chi connectivity index (χ3n) is 2.81. The van der Waals surface area contributed by atoms with Gasteiger partial charge in [-0.3, -0.25) is 0 Å². The van der Waals surface area contributed by atoms with Crippen LogP contribution in [0, 0.1) is 0 Å². The Hall–Kier alpha value is -1.39. The Morgan fingerprint density at radius 3 is 2.63 bits per heavy atom. The molecule has 2 nitrogen and oxygen atoms in total. The van der Waals surface area contributed by atoms with Gasteiger partial charge in [-0.25, -0.2) is 4.98 Å². The highest BCUT2D eigenvalue weighted by molar-refractivity contribution is 9.09. The molecule has 1 atom stereocenters. The Morgan fingerprint density at radius 1 is 1.11 bits per heavy atom. The fraction of sp³-hybridized carbons (Fsp3) is 0.133. The Morgan fingerprint density at radius 2 is 1.89 bits per heavy atom. The molecule has 2 aromatic carbocycles. The Balaban J connectivity index is 2.00. The van der Waals surface area contributed by atoms with E-state index in [1.54, 1.807) is 11.3 Å². The van der Waals surface area contributed by atoms with E-state index in [9.17, 15) is 0 Å². The summed E-state index contributed by atoms with van der Waals surface area (Å²) in [7, 11) is 0. The summed E-state index contributed by atoms with van der Waals surface area (Å²) in [5.41, 5.74) is 2.21. The third-order valence-corrected chi connectivity index (χ3v) is 4.20. The lowest BCUT2D eigenvalue weighted by molar-refractivity contribution is 0.480. The van der Waals surface area contributed by atoms with Crippen LogP contribution in [0.5, 0.6) is 10.9 Å². The number of hydrogen-bond donors (Lipinski definition) is 0. The topological polar surface area (TPSA) is 22.1 Å². The third kappa shape index (κ3) is 2.65. The smallest absolute Gasteiger partial charge is 0.279 e. The standard InChI is InChI=1S/C15H12BrNOS/c1-10(16)12-8-5-9-13-14(12)17-15(19-13)18-11-6-3-2-4-7-11/h2-10H,1H3. The second-order valence-corrected chi connectivity index (χ2v) is 6.57. The van der Waals surface area contributed by atoms with Crippen LogP contribution in [0.15, 0.2) is 48.5 Å². The molecule has 0 N–H and O–H groups in total. The molecule has 1 heterocycles. The fourth-order valence-electron chi connectivity index (χ4n) is 1.90. The number of halogens is 1. The van der Waals surface area contributed by atoms with E-state index in [2.05, 4.69) is 46.0 Å². The van der Waals surface area contributed by atoms with Gasteiger partial charge in [0.25, 0.3) is 5.19 Å². The number of fused-ring (bicyclic) bond motifs is 1. The summed E-state index contributed by atoms with van der Waals surface area (Å²) in [5.74, 6) is 0.815. The summed E-state index contributed by atoms with van der Waals surface area (Å²) in [6.45, 7) is 2.10. The second-order valence-electron chi connectivity index (χ2n) is 4.20. The first kappa shape index (κ1) is 12.6. The minimum absolute atomic E-state index is 0.280. The normalized spacial score (nSPS) is 12.5. The number of alkyl halides is 1. The molecule has 0 bridgehead atoms. The molecule has 0 radical (unpaired) electrons. The summed E-state index contributed by atoms with van der Waals surface area (Å²) in [5, 5.41) is 0.682. The average Bonchev–Trinajstić information content (AvgIpc) is 2.81. The quantitative estimate of drug-likeness (QED) is 0.586. The van der Waals surface area contributed by atoms with Crippen LogP contribution in [0.4, 0.5) is 0 Å². The molecule has 1 unspecified atom stereocenters. The molecule has 0 amide bonds. The van der Waals surface area contributed by atoms with Crippen molar-refractivity contribution in [3.8, 4) is 10.9 Å². The number of ether oxygens (including phenoxy) is 1. The van der Waals surface area contributed by atoms with Crippen LogP contribution in [0.25, 0.3) is 10.2 Å². The van der Waals surface area contributed by atoms with Gasteiger partial charge in [0.2, 0.25) is 0 Å². The lowest BCUT2D eigenvalue weighted by Gasteiger charge is -2.03. The fourth-order valence-corrected chi connectivity index (χ4v) is 3.14. The molecule has 0 saturated carbocycles. The zero-order chi connectivity index (χ0) is 13.2. The van der Waals surface area contributed by atoms with E-state index in [0.717, 1.165) is 16.0 Å². The molecule has 0 saturated heterocycles. The highest BCUT2D eigenvalue weighted by Crippen LogP contribution is 2.36. The summed E-state index contributed by atoms with van der Waals surface area (Å²) in [6, 6.07) is 16.0. The van der Waals surface area contributed by atoms with E-state index in [1.165, 1.54) is 5.56 Å². The van der Waals surface area contributed by atoms with Crippen molar-refractivity contribution in [1.29, 1.82) is 0 Å². The lowest BCUT2D eigenvalue weighted by atomic mass is 10.1. The summed E-state index contributed by atoms with van der Waals surface area (Å²) in [4.78, 5) is 4.88. The molecule has 0 aliphatic rings. The molecule has 0 aliphatic heterocycles. The maximum absolute atomic E-state index is 5.79. The first-order valence-electron chi connectivity index (χ1n) is 6.00. The molecule has 96 valence electrons. The van der Waals surface area contributed by atoms with Gasteiger partial charge in [0.05, 0.1) is 10.2 Å². The van der Waals surface area contributed by atoms with E-state index in [4.69, 9.17) is 4.74 Å². The van der Waals surface area contributed by atoms with Crippen molar-refractivity contribution in [2.45, 2.75) is 11.8 Å². The number of thiazole rings is 1. The largest absolute Gasteiger partial charge is 0.431 e. The first-order valence-corrected chi connectivity index (χ1v) is 7.73. The van der Waals surface area contributed by atoms with Crippen molar-refractivity contribution in [1.82, 2.24) is 4.98 Å². The first-order chi connectivity index (χ1) is 9.24. The highest BCUT2D eigenvalue weighted by atomic mass is 79.9. The zero-order valence-electron chi connectivity index (χ0n) is 10.3. The van der Waals surface area contributed by atoms with Crippen molar-refractivity contribution in [2.24, 2.45) is 0 Å². The summed E-state index contributed by atoms with van der Waals surface area (Å²) < 4.78 is 6.94. The molecule has 1 aromatic heterocycles. The molecular formula is C15H12BrNOS. The molecule has 0 aliphatic carbocycles. The number of rotatable bonds is 3. The maximum atomic E-state index is 5.79. The van der Waals surface area contributed by atoms with Crippen molar-refractivity contribution in [2.75, 3.05) is 0 Å². The van der Waals surface area contributed by atoms with Gasteiger partial charge < -0.3 is 4.74 Å². The number of nitrogens with zero attached hydrogens (tertiary/aromatic N) is 1. The van der Waals surface area contributed by atoms with E-state index < -0.39 is 0 Å². The predicted octanol–water partition coefficient (Wildman–Crippen LogP) is 5.54. The van der Waals surface area contributed by atoms with Gasteiger partial charge in [0.15, 0.2) is 0 Å². The van der Waals surface area contributed by atoms with Gasteiger partial charge in [0, 0.05) is 4.83 Å². The highest BCUT2D eigenvalue weighted by Gasteiger charge is 2.12. The van der Waals surface area contributed by atoms with Crippen molar-refractivity contribution >= 4 is 37.5 Å². The monoisotopic (exact) mass is 333 g/mol. The van der Waals surface area contributed by atoms with E-state index >= 15 is 0 Å². The Bertz CT molecular complexity index is 694. The van der Waals surface area contributed by atoms with Gasteiger partial charge >= 0.3 is 0 Å². The van der Waals surface area contributed by atoms with Gasteiger partial charge in [-0.15, -0.1) is 0 Å². The molecule has 3 rings (SSSR count). The Kier molecular flexibility index (Phi) is 3.53.